The second kappa shape index (κ2) is 7.13. The van der Waals surface area contributed by atoms with Crippen molar-refractivity contribution in [3.63, 3.8) is 0 Å². The monoisotopic (exact) mass is 249 g/mol. The molecule has 0 aliphatic rings. The van der Waals surface area contributed by atoms with Crippen LogP contribution in [0.2, 0.25) is 0 Å². The summed E-state index contributed by atoms with van der Waals surface area (Å²) in [4.78, 5) is 14.0. The molecule has 1 rings (SSSR count). The van der Waals surface area contributed by atoms with E-state index in [1.165, 1.54) is 0 Å². The first kappa shape index (κ1) is 14.7. The molecule has 4 heteroatoms. The first-order valence-electron chi connectivity index (χ1n) is 6.25. The summed E-state index contributed by atoms with van der Waals surface area (Å²) < 4.78 is 0. The van der Waals surface area contributed by atoms with Gasteiger partial charge in [-0.2, -0.15) is 0 Å². The van der Waals surface area contributed by atoms with E-state index in [0.29, 0.717) is 6.54 Å². The van der Waals surface area contributed by atoms with Crippen molar-refractivity contribution in [2.45, 2.75) is 13.0 Å². The van der Waals surface area contributed by atoms with Crippen molar-refractivity contribution in [1.82, 2.24) is 10.2 Å². The summed E-state index contributed by atoms with van der Waals surface area (Å²) in [7, 11) is 3.95. The highest BCUT2D eigenvalue weighted by Crippen LogP contribution is 2.18. The lowest BCUT2D eigenvalue weighted by molar-refractivity contribution is -0.125. The van der Waals surface area contributed by atoms with Gasteiger partial charge in [0.15, 0.2) is 0 Å². The van der Waals surface area contributed by atoms with E-state index in [2.05, 4.69) is 5.32 Å². The molecule has 0 saturated carbocycles. The van der Waals surface area contributed by atoms with Gasteiger partial charge >= 0.3 is 0 Å². The third kappa shape index (κ3) is 4.47. The summed E-state index contributed by atoms with van der Waals surface area (Å²) in [5, 5.41) is 2.90. The van der Waals surface area contributed by atoms with Crippen LogP contribution in [-0.4, -0.2) is 38.0 Å². The molecule has 0 radical (unpaired) electrons. The molecule has 1 aromatic rings. The van der Waals surface area contributed by atoms with Crippen LogP contribution in [0.3, 0.4) is 0 Å². The maximum absolute atomic E-state index is 11.9. The van der Waals surface area contributed by atoms with Gasteiger partial charge in [-0.1, -0.05) is 37.3 Å². The second-order valence-electron chi connectivity index (χ2n) is 4.82. The molecule has 2 unspecified atom stereocenters. The van der Waals surface area contributed by atoms with Crippen LogP contribution < -0.4 is 11.1 Å². The molecule has 100 valence electrons. The van der Waals surface area contributed by atoms with Gasteiger partial charge in [0.1, 0.15) is 0 Å². The summed E-state index contributed by atoms with van der Waals surface area (Å²) in [5.41, 5.74) is 7.09. The van der Waals surface area contributed by atoms with Crippen LogP contribution in [0.25, 0.3) is 0 Å². The molecule has 0 fully saturated rings. The molecule has 0 heterocycles. The van der Waals surface area contributed by atoms with Gasteiger partial charge < -0.3 is 16.0 Å². The predicted molar refractivity (Wildman–Crippen MR) is 74.1 cm³/mol. The van der Waals surface area contributed by atoms with Gasteiger partial charge in [-0.05, 0) is 19.7 Å². The largest absolute Gasteiger partial charge is 0.355 e. The Morgan fingerprint density at radius 3 is 2.50 bits per heavy atom. The Kier molecular flexibility index (Phi) is 5.82. The molecule has 2 atom stereocenters. The van der Waals surface area contributed by atoms with E-state index < -0.39 is 0 Å². The van der Waals surface area contributed by atoms with Crippen LogP contribution in [0, 0.1) is 5.92 Å². The van der Waals surface area contributed by atoms with Crippen molar-refractivity contribution in [2.75, 3.05) is 27.2 Å². The van der Waals surface area contributed by atoms with Gasteiger partial charge in [0.2, 0.25) is 5.91 Å². The van der Waals surface area contributed by atoms with E-state index in [9.17, 15) is 4.79 Å². The van der Waals surface area contributed by atoms with E-state index >= 15 is 0 Å². The maximum atomic E-state index is 11.9. The minimum Gasteiger partial charge on any atom is -0.355 e. The maximum Gasteiger partial charge on any atom is 0.224 e. The molecular formula is C14H23N3O. The molecule has 18 heavy (non-hydrogen) atoms. The van der Waals surface area contributed by atoms with Crippen LogP contribution in [0.4, 0.5) is 0 Å². The normalized spacial score (nSPS) is 14.3. The fourth-order valence-electron chi connectivity index (χ4n) is 1.69. The Balaban J connectivity index is 2.48. The van der Waals surface area contributed by atoms with Crippen molar-refractivity contribution in [3.8, 4) is 0 Å². The van der Waals surface area contributed by atoms with E-state index in [-0.39, 0.29) is 17.9 Å². The number of nitrogens with one attached hydrogen (secondary N) is 1. The van der Waals surface area contributed by atoms with E-state index in [1.807, 2.05) is 56.3 Å². The van der Waals surface area contributed by atoms with Crippen LogP contribution in [0.15, 0.2) is 30.3 Å². The van der Waals surface area contributed by atoms with Crippen molar-refractivity contribution >= 4 is 5.91 Å². The summed E-state index contributed by atoms with van der Waals surface area (Å²) in [6.45, 7) is 3.35. The highest BCUT2D eigenvalue weighted by Gasteiger charge is 2.21. The zero-order chi connectivity index (χ0) is 13.5. The summed E-state index contributed by atoms with van der Waals surface area (Å²) >= 11 is 0. The fourth-order valence-corrected chi connectivity index (χ4v) is 1.69. The number of carbonyl (C=O) groups is 1. The molecule has 3 N–H and O–H groups in total. The molecule has 0 aromatic heterocycles. The number of hydrogen-bond acceptors (Lipinski definition) is 3. The zero-order valence-corrected chi connectivity index (χ0v) is 11.4. The number of amides is 1. The average molecular weight is 249 g/mol. The van der Waals surface area contributed by atoms with Gasteiger partial charge in [0.25, 0.3) is 0 Å². The smallest absolute Gasteiger partial charge is 0.224 e. The predicted octanol–water partition coefficient (Wildman–Crippen LogP) is 1.00. The van der Waals surface area contributed by atoms with Crippen molar-refractivity contribution in [2.24, 2.45) is 11.7 Å². The Bertz CT molecular complexity index is 365. The lowest BCUT2D eigenvalue weighted by Crippen LogP contribution is -2.38. The number of rotatable bonds is 6. The molecule has 0 bridgehead atoms. The molecule has 1 aromatic carbocycles. The van der Waals surface area contributed by atoms with Gasteiger partial charge in [0, 0.05) is 19.1 Å². The molecular weight excluding hydrogens is 226 g/mol. The molecule has 0 aliphatic heterocycles. The number of benzene rings is 1. The topological polar surface area (TPSA) is 58.4 Å². The van der Waals surface area contributed by atoms with Crippen molar-refractivity contribution in [1.29, 1.82) is 0 Å². The summed E-state index contributed by atoms with van der Waals surface area (Å²) in [5.74, 6) is -0.220. The molecule has 0 aliphatic carbocycles. The Hall–Kier alpha value is -1.39. The van der Waals surface area contributed by atoms with Crippen molar-refractivity contribution < 1.29 is 4.79 Å². The fraction of sp³-hybridized carbons (Fsp3) is 0.500. The highest BCUT2D eigenvalue weighted by atomic mass is 16.1. The lowest BCUT2D eigenvalue weighted by atomic mass is 9.95. The number of nitrogens with two attached hydrogens (primary N) is 1. The SMILES string of the molecule is CC(C(=O)NCCN(C)C)C(N)c1ccccc1. The number of hydrogen-bond donors (Lipinski definition) is 2. The molecule has 0 saturated heterocycles. The quantitative estimate of drug-likeness (QED) is 0.791. The highest BCUT2D eigenvalue weighted by molar-refractivity contribution is 5.79. The third-order valence-electron chi connectivity index (χ3n) is 2.99. The van der Waals surface area contributed by atoms with E-state index in [4.69, 9.17) is 5.73 Å². The standard InChI is InChI=1S/C14H23N3O/c1-11(14(18)16-9-10-17(2)3)13(15)12-7-5-4-6-8-12/h4-8,11,13H,9-10,15H2,1-3H3,(H,16,18). The van der Waals surface area contributed by atoms with E-state index in [0.717, 1.165) is 12.1 Å². The Morgan fingerprint density at radius 2 is 1.94 bits per heavy atom. The lowest BCUT2D eigenvalue weighted by Gasteiger charge is -2.20. The minimum absolute atomic E-state index is 0.00760. The minimum atomic E-state index is -0.259. The first-order chi connectivity index (χ1) is 8.52. The Labute approximate surface area is 109 Å². The number of carbonyl (C=O) groups excluding carboxylic acids is 1. The van der Waals surface area contributed by atoms with Crippen LogP contribution in [-0.2, 0) is 4.79 Å². The summed E-state index contributed by atoms with van der Waals surface area (Å²) in [6, 6.07) is 9.46. The molecule has 4 nitrogen and oxygen atoms in total. The third-order valence-corrected chi connectivity index (χ3v) is 2.99. The van der Waals surface area contributed by atoms with Gasteiger partial charge in [-0.25, -0.2) is 0 Å². The number of nitrogens with zero attached hydrogens (tertiary/aromatic N) is 1. The molecule has 0 spiro atoms. The van der Waals surface area contributed by atoms with Gasteiger partial charge in [0.05, 0.1) is 5.92 Å². The Morgan fingerprint density at radius 1 is 1.33 bits per heavy atom. The van der Waals surface area contributed by atoms with Gasteiger partial charge in [-0.15, -0.1) is 0 Å². The summed E-state index contributed by atoms with van der Waals surface area (Å²) in [6.07, 6.45) is 0. The molecule has 1 amide bonds. The van der Waals surface area contributed by atoms with Crippen LogP contribution in [0.5, 0.6) is 0 Å². The number of likely N-dealkylation sites (N-methyl/N-ethyl adjacent to an activating group) is 1. The average Bonchev–Trinajstić information content (AvgIpc) is 2.37. The second-order valence-corrected chi connectivity index (χ2v) is 4.82. The van der Waals surface area contributed by atoms with Crippen LogP contribution >= 0.6 is 0 Å². The van der Waals surface area contributed by atoms with E-state index in [1.54, 1.807) is 0 Å². The zero-order valence-electron chi connectivity index (χ0n) is 11.4. The van der Waals surface area contributed by atoms with Crippen molar-refractivity contribution in [3.05, 3.63) is 35.9 Å². The van der Waals surface area contributed by atoms with Gasteiger partial charge in [-0.3, -0.25) is 4.79 Å². The first-order valence-corrected chi connectivity index (χ1v) is 6.25. The van der Waals surface area contributed by atoms with Crippen LogP contribution in [0.1, 0.15) is 18.5 Å².